The number of aromatic hydroxyl groups is 1. The molecule has 1 aliphatic heterocycles. The van der Waals surface area contributed by atoms with E-state index in [9.17, 15) is 5.11 Å². The number of phenolic OH excluding ortho intramolecular Hbond substituents is 1. The van der Waals surface area contributed by atoms with Crippen LogP contribution in [-0.2, 0) is 13.0 Å². The van der Waals surface area contributed by atoms with E-state index < -0.39 is 0 Å². The predicted octanol–water partition coefficient (Wildman–Crippen LogP) is 1.44. The van der Waals surface area contributed by atoms with E-state index in [-0.39, 0.29) is 5.75 Å². The van der Waals surface area contributed by atoms with E-state index in [0.717, 1.165) is 30.8 Å². The molecule has 5 nitrogen and oxygen atoms in total. The predicted molar refractivity (Wildman–Crippen MR) is 67.7 cm³/mol. The third-order valence-corrected chi connectivity index (χ3v) is 3.26. The van der Waals surface area contributed by atoms with Gasteiger partial charge in [0.05, 0.1) is 12.8 Å². The van der Waals surface area contributed by atoms with Gasteiger partial charge in [-0.25, -0.2) is 0 Å². The number of nitrogens with zero attached hydrogens (tertiary/aromatic N) is 1. The normalized spacial score (nSPS) is 14.3. The maximum Gasteiger partial charge on any atom is 0.161 e. The van der Waals surface area contributed by atoms with Gasteiger partial charge in [0.25, 0.3) is 0 Å². The smallest absolute Gasteiger partial charge is 0.161 e. The number of methoxy groups -OCH3 is 1. The van der Waals surface area contributed by atoms with E-state index >= 15 is 0 Å². The first-order valence-corrected chi connectivity index (χ1v) is 5.94. The topological polar surface area (TPSA) is 70.2 Å². The number of hydrogen-bond acceptors (Lipinski definition) is 4. The van der Waals surface area contributed by atoms with Crippen LogP contribution in [0.3, 0.4) is 0 Å². The molecule has 1 aromatic heterocycles. The Bertz CT molecular complexity index is 578. The molecule has 0 bridgehead atoms. The number of phenols is 1. The summed E-state index contributed by atoms with van der Waals surface area (Å²) in [5.74, 6) is 0.608. The second-order valence-electron chi connectivity index (χ2n) is 4.34. The van der Waals surface area contributed by atoms with Gasteiger partial charge in [0.15, 0.2) is 11.5 Å². The van der Waals surface area contributed by atoms with Crippen LogP contribution >= 0.6 is 0 Å². The van der Waals surface area contributed by atoms with Crippen molar-refractivity contribution >= 4 is 0 Å². The number of benzene rings is 1. The molecule has 5 heteroatoms. The Morgan fingerprint density at radius 1 is 1.39 bits per heavy atom. The molecule has 18 heavy (non-hydrogen) atoms. The van der Waals surface area contributed by atoms with Gasteiger partial charge in [0.1, 0.15) is 0 Å². The van der Waals surface area contributed by atoms with Gasteiger partial charge in [-0.05, 0) is 18.2 Å². The van der Waals surface area contributed by atoms with Gasteiger partial charge in [-0.15, -0.1) is 0 Å². The molecule has 0 amide bonds. The van der Waals surface area contributed by atoms with Crippen molar-refractivity contribution in [1.82, 2.24) is 15.5 Å². The monoisotopic (exact) mass is 245 g/mol. The first-order valence-electron chi connectivity index (χ1n) is 5.94. The van der Waals surface area contributed by atoms with Crippen LogP contribution in [0.5, 0.6) is 11.5 Å². The van der Waals surface area contributed by atoms with Gasteiger partial charge in [-0.2, -0.15) is 5.10 Å². The fraction of sp³-hybridized carbons (Fsp3) is 0.308. The summed E-state index contributed by atoms with van der Waals surface area (Å²) in [6.45, 7) is 1.80. The summed E-state index contributed by atoms with van der Waals surface area (Å²) >= 11 is 0. The molecule has 1 aliphatic rings. The first-order chi connectivity index (χ1) is 8.79. The maximum atomic E-state index is 9.61. The molecular formula is C13H15N3O2. The van der Waals surface area contributed by atoms with Crippen LogP contribution in [0.15, 0.2) is 18.2 Å². The zero-order valence-electron chi connectivity index (χ0n) is 10.2. The summed E-state index contributed by atoms with van der Waals surface area (Å²) in [5.41, 5.74) is 4.27. The lowest BCUT2D eigenvalue weighted by Crippen LogP contribution is -2.23. The van der Waals surface area contributed by atoms with Crippen LogP contribution < -0.4 is 10.1 Å². The number of rotatable bonds is 2. The Morgan fingerprint density at radius 2 is 2.28 bits per heavy atom. The summed E-state index contributed by atoms with van der Waals surface area (Å²) in [7, 11) is 1.54. The van der Waals surface area contributed by atoms with Gasteiger partial charge in [0.2, 0.25) is 0 Å². The largest absolute Gasteiger partial charge is 0.504 e. The highest BCUT2D eigenvalue weighted by molar-refractivity contribution is 5.67. The second kappa shape index (κ2) is 4.34. The van der Waals surface area contributed by atoms with Crippen molar-refractivity contribution < 1.29 is 9.84 Å². The van der Waals surface area contributed by atoms with E-state index in [4.69, 9.17) is 4.74 Å². The molecule has 0 fully saturated rings. The van der Waals surface area contributed by atoms with Crippen molar-refractivity contribution in [3.63, 3.8) is 0 Å². The van der Waals surface area contributed by atoms with E-state index in [1.165, 1.54) is 11.3 Å². The number of aromatic nitrogens is 2. The molecule has 0 unspecified atom stereocenters. The van der Waals surface area contributed by atoms with Crippen molar-refractivity contribution in [1.29, 1.82) is 0 Å². The van der Waals surface area contributed by atoms with Crippen molar-refractivity contribution in [3.05, 3.63) is 29.5 Å². The van der Waals surface area contributed by atoms with E-state index in [0.29, 0.717) is 5.75 Å². The Labute approximate surface area is 105 Å². The first kappa shape index (κ1) is 11.1. The molecule has 0 atom stereocenters. The molecule has 3 rings (SSSR count). The molecule has 94 valence electrons. The average molecular weight is 245 g/mol. The summed E-state index contributed by atoms with van der Waals surface area (Å²) in [6.07, 6.45) is 0.970. The Kier molecular flexibility index (Phi) is 2.68. The van der Waals surface area contributed by atoms with Crippen LogP contribution in [0.2, 0.25) is 0 Å². The Balaban J connectivity index is 2.07. The third kappa shape index (κ3) is 1.73. The zero-order valence-corrected chi connectivity index (χ0v) is 10.2. The Morgan fingerprint density at radius 3 is 3.11 bits per heavy atom. The van der Waals surface area contributed by atoms with Crippen molar-refractivity contribution in [2.45, 2.75) is 13.0 Å². The quantitative estimate of drug-likeness (QED) is 0.748. The number of hydrogen-bond donors (Lipinski definition) is 3. The van der Waals surface area contributed by atoms with E-state index in [2.05, 4.69) is 15.5 Å². The van der Waals surface area contributed by atoms with Crippen molar-refractivity contribution in [2.24, 2.45) is 0 Å². The lowest BCUT2D eigenvalue weighted by Gasteiger charge is -2.13. The van der Waals surface area contributed by atoms with Crippen LogP contribution in [0.25, 0.3) is 11.3 Å². The summed E-state index contributed by atoms with van der Waals surface area (Å²) in [5, 5.41) is 20.4. The molecule has 2 aromatic rings. The summed E-state index contributed by atoms with van der Waals surface area (Å²) in [6, 6.07) is 5.29. The van der Waals surface area contributed by atoms with Gasteiger partial charge >= 0.3 is 0 Å². The van der Waals surface area contributed by atoms with Crippen molar-refractivity contribution in [3.8, 4) is 22.8 Å². The average Bonchev–Trinajstić information content (AvgIpc) is 2.83. The molecular weight excluding hydrogens is 230 g/mol. The van der Waals surface area contributed by atoms with Gasteiger partial charge in [0, 0.05) is 36.3 Å². The fourth-order valence-corrected chi connectivity index (χ4v) is 2.29. The minimum Gasteiger partial charge on any atom is -0.504 e. The zero-order chi connectivity index (χ0) is 12.5. The van der Waals surface area contributed by atoms with Crippen LogP contribution in [0.4, 0.5) is 0 Å². The van der Waals surface area contributed by atoms with E-state index in [1.54, 1.807) is 19.2 Å². The molecule has 0 saturated heterocycles. The van der Waals surface area contributed by atoms with E-state index in [1.807, 2.05) is 6.07 Å². The molecule has 0 aliphatic carbocycles. The number of H-pyrrole nitrogens is 1. The molecule has 1 aromatic carbocycles. The highest BCUT2D eigenvalue weighted by Gasteiger charge is 2.18. The van der Waals surface area contributed by atoms with Crippen molar-refractivity contribution in [2.75, 3.05) is 13.7 Å². The van der Waals surface area contributed by atoms with Gasteiger partial charge in [-0.3, -0.25) is 5.10 Å². The minimum atomic E-state index is 0.142. The Hall–Kier alpha value is -2.01. The molecule has 3 N–H and O–H groups in total. The molecule has 0 radical (unpaired) electrons. The lowest BCUT2D eigenvalue weighted by atomic mass is 10.0. The number of aromatic amines is 1. The molecule has 2 heterocycles. The summed E-state index contributed by atoms with van der Waals surface area (Å²) < 4.78 is 5.12. The maximum absolute atomic E-state index is 9.61. The fourth-order valence-electron chi connectivity index (χ4n) is 2.29. The second-order valence-corrected chi connectivity index (χ2v) is 4.34. The van der Waals surface area contributed by atoms with Crippen LogP contribution in [0, 0.1) is 0 Å². The van der Waals surface area contributed by atoms with Gasteiger partial charge in [-0.1, -0.05) is 0 Å². The standard InChI is InChI=1S/C13H15N3O2/c1-18-12-6-8(2-3-11(12)17)13-9-7-14-5-4-10(9)15-16-13/h2-3,6,14,17H,4-5,7H2,1H3,(H,15,16). The van der Waals surface area contributed by atoms with Crippen LogP contribution in [-0.4, -0.2) is 29.0 Å². The molecule has 0 saturated carbocycles. The summed E-state index contributed by atoms with van der Waals surface area (Å²) in [4.78, 5) is 0. The number of fused-ring (bicyclic) bond motifs is 1. The highest BCUT2D eigenvalue weighted by Crippen LogP contribution is 2.33. The highest BCUT2D eigenvalue weighted by atomic mass is 16.5. The SMILES string of the molecule is COc1cc(-c2n[nH]c3c2CNCC3)ccc1O. The van der Waals surface area contributed by atoms with Gasteiger partial charge < -0.3 is 15.2 Å². The number of ether oxygens (including phenoxy) is 1. The van der Waals surface area contributed by atoms with Crippen LogP contribution in [0.1, 0.15) is 11.3 Å². The lowest BCUT2D eigenvalue weighted by molar-refractivity contribution is 0.373. The third-order valence-electron chi connectivity index (χ3n) is 3.26. The molecule has 0 spiro atoms. The number of nitrogens with one attached hydrogen (secondary N) is 2. The minimum absolute atomic E-state index is 0.142.